The molecule has 3 nitrogen and oxygen atoms in total. The third-order valence-corrected chi connectivity index (χ3v) is 4.50. The Labute approximate surface area is 124 Å². The smallest absolute Gasteiger partial charge is 0.125 e. The molecule has 1 N–H and O–H groups in total. The van der Waals surface area contributed by atoms with Crippen LogP contribution >= 0.6 is 11.8 Å². The standard InChI is InChI=1S/C16H20N2OS/c1-20-14-6-4-13(5-7-14)16(15-3-2-12-19-15)18-10-8-17-9-11-18/h2-7,12,16-17H,8-11H2,1H3. The average Bonchev–Trinajstić information content (AvgIpc) is 3.03. The summed E-state index contributed by atoms with van der Waals surface area (Å²) in [7, 11) is 0. The van der Waals surface area contributed by atoms with Crippen molar-refractivity contribution < 1.29 is 4.42 Å². The molecule has 20 heavy (non-hydrogen) atoms. The summed E-state index contributed by atoms with van der Waals surface area (Å²) in [5.41, 5.74) is 1.31. The summed E-state index contributed by atoms with van der Waals surface area (Å²) in [4.78, 5) is 3.79. The first-order valence-corrected chi connectivity index (χ1v) is 8.23. The molecular formula is C16H20N2OS. The van der Waals surface area contributed by atoms with Crippen molar-refractivity contribution in [3.8, 4) is 0 Å². The summed E-state index contributed by atoms with van der Waals surface area (Å²) >= 11 is 1.78. The van der Waals surface area contributed by atoms with Crippen LogP contribution in [0, 0.1) is 0 Å². The Hall–Kier alpha value is -1.23. The summed E-state index contributed by atoms with van der Waals surface area (Å²) in [6.45, 7) is 4.19. The normalized spacial score (nSPS) is 18.1. The number of hydrogen-bond acceptors (Lipinski definition) is 4. The van der Waals surface area contributed by atoms with E-state index in [1.807, 2.05) is 6.07 Å². The van der Waals surface area contributed by atoms with Gasteiger partial charge in [0, 0.05) is 31.1 Å². The highest BCUT2D eigenvalue weighted by molar-refractivity contribution is 7.98. The van der Waals surface area contributed by atoms with Gasteiger partial charge >= 0.3 is 0 Å². The zero-order valence-electron chi connectivity index (χ0n) is 11.7. The van der Waals surface area contributed by atoms with Gasteiger partial charge in [-0.3, -0.25) is 4.90 Å². The van der Waals surface area contributed by atoms with Crippen molar-refractivity contribution in [2.75, 3.05) is 32.4 Å². The lowest BCUT2D eigenvalue weighted by Gasteiger charge is -2.34. The maximum absolute atomic E-state index is 5.69. The minimum absolute atomic E-state index is 0.225. The van der Waals surface area contributed by atoms with Crippen LogP contribution in [0.15, 0.2) is 52.0 Å². The van der Waals surface area contributed by atoms with E-state index in [0.29, 0.717) is 0 Å². The van der Waals surface area contributed by atoms with Crippen molar-refractivity contribution in [3.63, 3.8) is 0 Å². The third kappa shape index (κ3) is 2.92. The van der Waals surface area contributed by atoms with Crippen LogP contribution in [0.2, 0.25) is 0 Å². The highest BCUT2D eigenvalue weighted by atomic mass is 32.2. The molecule has 4 heteroatoms. The number of nitrogens with one attached hydrogen (secondary N) is 1. The number of benzene rings is 1. The Kier molecular flexibility index (Phi) is 4.45. The number of thioether (sulfide) groups is 1. The molecule has 0 saturated carbocycles. The van der Waals surface area contributed by atoms with E-state index in [1.165, 1.54) is 10.5 Å². The van der Waals surface area contributed by atoms with Crippen molar-refractivity contribution in [3.05, 3.63) is 54.0 Å². The van der Waals surface area contributed by atoms with E-state index in [-0.39, 0.29) is 6.04 Å². The van der Waals surface area contributed by atoms with Gasteiger partial charge < -0.3 is 9.73 Å². The van der Waals surface area contributed by atoms with E-state index in [9.17, 15) is 0 Å². The van der Waals surface area contributed by atoms with E-state index in [2.05, 4.69) is 46.8 Å². The molecule has 1 fully saturated rings. The summed E-state index contributed by atoms with van der Waals surface area (Å²) in [6, 6.07) is 13.1. The Morgan fingerprint density at radius 3 is 2.50 bits per heavy atom. The van der Waals surface area contributed by atoms with E-state index in [1.54, 1.807) is 18.0 Å². The molecule has 0 radical (unpaired) electrons. The molecule has 1 aromatic carbocycles. The van der Waals surface area contributed by atoms with Gasteiger partial charge in [-0.05, 0) is 36.1 Å². The second-order valence-corrected chi connectivity index (χ2v) is 5.86. The van der Waals surface area contributed by atoms with E-state index in [0.717, 1.165) is 31.9 Å². The molecule has 2 aromatic rings. The second kappa shape index (κ2) is 6.48. The predicted molar refractivity (Wildman–Crippen MR) is 83.2 cm³/mol. The van der Waals surface area contributed by atoms with Gasteiger partial charge in [-0.15, -0.1) is 11.8 Å². The molecule has 1 aliphatic heterocycles. The zero-order valence-corrected chi connectivity index (χ0v) is 12.5. The number of rotatable bonds is 4. The van der Waals surface area contributed by atoms with E-state index < -0.39 is 0 Å². The first-order chi connectivity index (χ1) is 9.88. The van der Waals surface area contributed by atoms with Gasteiger partial charge in [-0.2, -0.15) is 0 Å². The molecule has 106 valence electrons. The van der Waals surface area contributed by atoms with Crippen LogP contribution in [0.5, 0.6) is 0 Å². The Balaban J connectivity index is 1.91. The number of nitrogens with zero attached hydrogens (tertiary/aromatic N) is 1. The van der Waals surface area contributed by atoms with Crippen molar-refractivity contribution in [1.82, 2.24) is 10.2 Å². The molecule has 2 heterocycles. The minimum Gasteiger partial charge on any atom is -0.467 e. The van der Waals surface area contributed by atoms with Crippen LogP contribution in [0.3, 0.4) is 0 Å². The van der Waals surface area contributed by atoms with Gasteiger partial charge in [0.25, 0.3) is 0 Å². The quantitative estimate of drug-likeness (QED) is 0.876. The van der Waals surface area contributed by atoms with Crippen LogP contribution in [-0.2, 0) is 0 Å². The highest BCUT2D eigenvalue weighted by Crippen LogP contribution is 2.30. The highest BCUT2D eigenvalue weighted by Gasteiger charge is 2.25. The monoisotopic (exact) mass is 288 g/mol. The van der Waals surface area contributed by atoms with Gasteiger partial charge in [0.15, 0.2) is 0 Å². The lowest BCUT2D eigenvalue weighted by Crippen LogP contribution is -2.45. The van der Waals surface area contributed by atoms with Crippen LogP contribution in [0.4, 0.5) is 0 Å². The maximum Gasteiger partial charge on any atom is 0.125 e. The molecule has 1 aromatic heterocycles. The van der Waals surface area contributed by atoms with E-state index >= 15 is 0 Å². The molecule has 0 aliphatic carbocycles. The fourth-order valence-electron chi connectivity index (χ4n) is 2.73. The van der Waals surface area contributed by atoms with Crippen molar-refractivity contribution >= 4 is 11.8 Å². The predicted octanol–water partition coefficient (Wildman–Crippen LogP) is 3.00. The Morgan fingerprint density at radius 1 is 1.15 bits per heavy atom. The first kappa shape index (κ1) is 13.7. The van der Waals surface area contributed by atoms with Gasteiger partial charge in [-0.1, -0.05) is 12.1 Å². The van der Waals surface area contributed by atoms with Gasteiger partial charge in [0.2, 0.25) is 0 Å². The molecule has 0 spiro atoms. The SMILES string of the molecule is CSc1ccc(C(c2ccco2)N2CCNCC2)cc1. The lowest BCUT2D eigenvalue weighted by molar-refractivity contribution is 0.180. The second-order valence-electron chi connectivity index (χ2n) is 4.98. The maximum atomic E-state index is 5.69. The Morgan fingerprint density at radius 2 is 1.90 bits per heavy atom. The number of piperazine rings is 1. The largest absolute Gasteiger partial charge is 0.467 e. The minimum atomic E-state index is 0.225. The number of hydrogen-bond donors (Lipinski definition) is 1. The van der Waals surface area contributed by atoms with Crippen molar-refractivity contribution in [2.45, 2.75) is 10.9 Å². The Bertz CT molecular complexity index is 518. The van der Waals surface area contributed by atoms with Crippen LogP contribution in [0.1, 0.15) is 17.4 Å². The van der Waals surface area contributed by atoms with Crippen molar-refractivity contribution in [2.24, 2.45) is 0 Å². The van der Waals surface area contributed by atoms with Gasteiger partial charge in [-0.25, -0.2) is 0 Å². The summed E-state index contributed by atoms with van der Waals surface area (Å²) in [6.07, 6.45) is 3.87. The van der Waals surface area contributed by atoms with Crippen LogP contribution in [0.25, 0.3) is 0 Å². The molecule has 1 aliphatic rings. The van der Waals surface area contributed by atoms with Crippen LogP contribution < -0.4 is 5.32 Å². The fourth-order valence-corrected chi connectivity index (χ4v) is 3.14. The molecular weight excluding hydrogens is 268 g/mol. The van der Waals surface area contributed by atoms with E-state index in [4.69, 9.17) is 4.42 Å². The zero-order chi connectivity index (χ0) is 13.8. The molecule has 0 bridgehead atoms. The number of furan rings is 1. The third-order valence-electron chi connectivity index (χ3n) is 3.76. The topological polar surface area (TPSA) is 28.4 Å². The van der Waals surface area contributed by atoms with Gasteiger partial charge in [0.05, 0.1) is 12.3 Å². The van der Waals surface area contributed by atoms with Gasteiger partial charge in [0.1, 0.15) is 5.76 Å². The molecule has 1 saturated heterocycles. The molecule has 3 rings (SSSR count). The summed E-state index contributed by atoms with van der Waals surface area (Å²) < 4.78 is 5.69. The first-order valence-electron chi connectivity index (χ1n) is 7.00. The van der Waals surface area contributed by atoms with Crippen molar-refractivity contribution in [1.29, 1.82) is 0 Å². The lowest BCUT2D eigenvalue weighted by atomic mass is 10.0. The molecule has 1 atom stereocenters. The molecule has 1 unspecified atom stereocenters. The fraction of sp³-hybridized carbons (Fsp3) is 0.375. The summed E-state index contributed by atoms with van der Waals surface area (Å²) in [5.74, 6) is 1.03. The summed E-state index contributed by atoms with van der Waals surface area (Å²) in [5, 5.41) is 3.41. The van der Waals surface area contributed by atoms with Crippen LogP contribution in [-0.4, -0.2) is 37.3 Å². The average molecular weight is 288 g/mol. The molecule has 0 amide bonds.